The standard InChI is InChI=1S/C15H25N3OS/c1-4-16-11-6-5-7-12-13(11)17-14(20-12)18-8-9-19-10-15(18,2)3/h11,16H,4-10H2,1-3H3. The maximum atomic E-state index is 5.62. The molecule has 4 nitrogen and oxygen atoms in total. The van der Waals surface area contributed by atoms with E-state index in [9.17, 15) is 0 Å². The molecule has 0 radical (unpaired) electrons. The molecule has 2 aliphatic rings. The Morgan fingerprint density at radius 2 is 2.35 bits per heavy atom. The monoisotopic (exact) mass is 295 g/mol. The smallest absolute Gasteiger partial charge is 0.186 e. The normalized spacial score (nSPS) is 25.6. The Labute approximate surface area is 125 Å². The molecule has 1 aromatic heterocycles. The Morgan fingerprint density at radius 1 is 1.50 bits per heavy atom. The number of fused-ring (bicyclic) bond motifs is 1. The van der Waals surface area contributed by atoms with Gasteiger partial charge in [-0.25, -0.2) is 4.98 Å². The third-order valence-corrected chi connectivity index (χ3v) is 5.42. The first-order valence-electron chi connectivity index (χ1n) is 7.70. The van der Waals surface area contributed by atoms with Gasteiger partial charge in [-0.05, 0) is 39.7 Å². The van der Waals surface area contributed by atoms with Gasteiger partial charge in [0.1, 0.15) is 0 Å². The van der Waals surface area contributed by atoms with E-state index in [0.717, 1.165) is 26.3 Å². The highest BCUT2D eigenvalue weighted by atomic mass is 32.1. The molecule has 112 valence electrons. The van der Waals surface area contributed by atoms with E-state index in [-0.39, 0.29) is 5.54 Å². The highest BCUT2D eigenvalue weighted by Gasteiger charge is 2.34. The molecule has 1 fully saturated rings. The zero-order chi connectivity index (χ0) is 14.2. The summed E-state index contributed by atoms with van der Waals surface area (Å²) in [5.74, 6) is 0. The number of hydrogen-bond acceptors (Lipinski definition) is 5. The molecule has 0 spiro atoms. The molecular weight excluding hydrogens is 270 g/mol. The van der Waals surface area contributed by atoms with Crippen LogP contribution in [0, 0.1) is 0 Å². The summed E-state index contributed by atoms with van der Waals surface area (Å²) in [7, 11) is 0. The maximum absolute atomic E-state index is 5.62. The zero-order valence-corrected chi connectivity index (χ0v) is 13.6. The Balaban J connectivity index is 1.88. The fourth-order valence-corrected chi connectivity index (χ4v) is 4.53. The van der Waals surface area contributed by atoms with E-state index in [1.54, 1.807) is 0 Å². The molecule has 0 aromatic carbocycles. The summed E-state index contributed by atoms with van der Waals surface area (Å²) in [6.07, 6.45) is 3.69. The molecule has 0 amide bonds. The van der Waals surface area contributed by atoms with Crippen molar-refractivity contribution in [1.82, 2.24) is 10.3 Å². The highest BCUT2D eigenvalue weighted by Crippen LogP contribution is 2.39. The third-order valence-electron chi connectivity index (χ3n) is 4.27. The predicted molar refractivity (Wildman–Crippen MR) is 83.7 cm³/mol. The quantitative estimate of drug-likeness (QED) is 0.930. The van der Waals surface area contributed by atoms with E-state index in [1.807, 2.05) is 11.3 Å². The van der Waals surface area contributed by atoms with Crippen molar-refractivity contribution in [2.45, 2.75) is 51.6 Å². The van der Waals surface area contributed by atoms with Crippen molar-refractivity contribution >= 4 is 16.5 Å². The van der Waals surface area contributed by atoms with Crippen LogP contribution < -0.4 is 10.2 Å². The average Bonchev–Trinajstić information content (AvgIpc) is 2.83. The molecule has 3 rings (SSSR count). The summed E-state index contributed by atoms with van der Waals surface area (Å²) in [5, 5.41) is 4.77. The van der Waals surface area contributed by atoms with Crippen molar-refractivity contribution in [2.24, 2.45) is 0 Å². The van der Waals surface area contributed by atoms with Crippen LogP contribution in [0.5, 0.6) is 0 Å². The van der Waals surface area contributed by atoms with Crippen LogP contribution in [0.15, 0.2) is 0 Å². The minimum Gasteiger partial charge on any atom is -0.377 e. The second kappa shape index (κ2) is 5.62. The molecule has 0 bridgehead atoms. The molecule has 20 heavy (non-hydrogen) atoms. The number of ether oxygens (including phenoxy) is 1. The van der Waals surface area contributed by atoms with Gasteiger partial charge in [0, 0.05) is 11.4 Å². The van der Waals surface area contributed by atoms with E-state index >= 15 is 0 Å². The topological polar surface area (TPSA) is 37.4 Å². The number of rotatable bonds is 3. The van der Waals surface area contributed by atoms with Gasteiger partial charge in [0.15, 0.2) is 5.13 Å². The fourth-order valence-electron chi connectivity index (χ4n) is 3.18. The summed E-state index contributed by atoms with van der Waals surface area (Å²) in [6.45, 7) is 10.2. The van der Waals surface area contributed by atoms with Crippen molar-refractivity contribution in [1.29, 1.82) is 0 Å². The van der Waals surface area contributed by atoms with Crippen LogP contribution in [0.1, 0.15) is 50.2 Å². The van der Waals surface area contributed by atoms with Crippen LogP contribution in [0.4, 0.5) is 5.13 Å². The van der Waals surface area contributed by atoms with Crippen molar-refractivity contribution in [2.75, 3.05) is 31.2 Å². The first-order chi connectivity index (χ1) is 9.62. The molecule has 1 aliphatic carbocycles. The lowest BCUT2D eigenvalue weighted by atomic mass is 9.98. The van der Waals surface area contributed by atoms with Gasteiger partial charge in [-0.15, -0.1) is 11.3 Å². The molecule has 1 saturated heterocycles. The van der Waals surface area contributed by atoms with Crippen molar-refractivity contribution in [3.8, 4) is 0 Å². The first-order valence-corrected chi connectivity index (χ1v) is 8.52. The minimum atomic E-state index is 0.0480. The van der Waals surface area contributed by atoms with Crippen LogP contribution >= 0.6 is 11.3 Å². The van der Waals surface area contributed by atoms with Crippen molar-refractivity contribution in [3.05, 3.63) is 10.6 Å². The van der Waals surface area contributed by atoms with E-state index in [4.69, 9.17) is 9.72 Å². The van der Waals surface area contributed by atoms with Crippen LogP contribution in [0.25, 0.3) is 0 Å². The maximum Gasteiger partial charge on any atom is 0.186 e. The largest absolute Gasteiger partial charge is 0.377 e. The number of nitrogens with zero attached hydrogens (tertiary/aromatic N) is 2. The number of thiazole rings is 1. The highest BCUT2D eigenvalue weighted by molar-refractivity contribution is 7.15. The summed E-state index contributed by atoms with van der Waals surface area (Å²) >= 11 is 1.89. The zero-order valence-electron chi connectivity index (χ0n) is 12.7. The van der Waals surface area contributed by atoms with Crippen molar-refractivity contribution < 1.29 is 4.74 Å². The second-order valence-electron chi connectivity index (χ2n) is 6.32. The molecule has 0 saturated carbocycles. The van der Waals surface area contributed by atoms with E-state index in [1.165, 1.54) is 35.0 Å². The Bertz CT molecular complexity index is 472. The minimum absolute atomic E-state index is 0.0480. The van der Waals surface area contributed by atoms with Gasteiger partial charge in [0.25, 0.3) is 0 Å². The molecular formula is C15H25N3OS. The van der Waals surface area contributed by atoms with Gasteiger partial charge in [-0.2, -0.15) is 0 Å². The van der Waals surface area contributed by atoms with Crippen LogP contribution in [0.3, 0.4) is 0 Å². The van der Waals surface area contributed by atoms with Gasteiger partial charge in [-0.1, -0.05) is 6.92 Å². The average molecular weight is 295 g/mol. The van der Waals surface area contributed by atoms with Crippen LogP contribution in [-0.2, 0) is 11.2 Å². The first kappa shape index (κ1) is 14.3. The van der Waals surface area contributed by atoms with Crippen molar-refractivity contribution in [3.63, 3.8) is 0 Å². The molecule has 2 heterocycles. The van der Waals surface area contributed by atoms with E-state index < -0.39 is 0 Å². The lowest BCUT2D eigenvalue weighted by Crippen LogP contribution is -2.53. The summed E-state index contributed by atoms with van der Waals surface area (Å²) in [4.78, 5) is 8.92. The molecule has 1 atom stereocenters. The number of nitrogens with one attached hydrogen (secondary N) is 1. The van der Waals surface area contributed by atoms with Gasteiger partial charge in [0.2, 0.25) is 0 Å². The van der Waals surface area contributed by atoms with E-state index in [2.05, 4.69) is 31.0 Å². The Hall–Kier alpha value is -0.650. The SMILES string of the molecule is CCNC1CCCc2sc(N3CCOCC3(C)C)nc21. The number of aryl methyl sites for hydroxylation is 1. The third kappa shape index (κ3) is 2.59. The molecule has 5 heteroatoms. The lowest BCUT2D eigenvalue weighted by Gasteiger charge is -2.42. The molecule has 1 N–H and O–H groups in total. The fraction of sp³-hybridized carbons (Fsp3) is 0.800. The summed E-state index contributed by atoms with van der Waals surface area (Å²) < 4.78 is 5.62. The van der Waals surface area contributed by atoms with Gasteiger partial charge in [-0.3, -0.25) is 0 Å². The van der Waals surface area contributed by atoms with E-state index in [0.29, 0.717) is 6.04 Å². The Kier molecular flexibility index (Phi) is 4.02. The number of morpholine rings is 1. The number of anilines is 1. The Morgan fingerprint density at radius 3 is 3.10 bits per heavy atom. The molecule has 1 aromatic rings. The van der Waals surface area contributed by atoms with Gasteiger partial charge < -0.3 is 15.0 Å². The second-order valence-corrected chi connectivity index (χ2v) is 7.39. The molecule has 1 aliphatic heterocycles. The summed E-state index contributed by atoms with van der Waals surface area (Å²) in [5.41, 5.74) is 1.35. The van der Waals surface area contributed by atoms with Gasteiger partial charge in [0.05, 0.1) is 30.5 Å². The molecule has 1 unspecified atom stereocenters. The lowest BCUT2D eigenvalue weighted by molar-refractivity contribution is 0.0643. The van der Waals surface area contributed by atoms with Crippen LogP contribution in [-0.4, -0.2) is 36.8 Å². The van der Waals surface area contributed by atoms with Crippen LogP contribution in [0.2, 0.25) is 0 Å². The number of aromatic nitrogens is 1. The number of hydrogen-bond donors (Lipinski definition) is 1. The predicted octanol–water partition coefficient (Wildman–Crippen LogP) is 2.75. The van der Waals surface area contributed by atoms with Gasteiger partial charge >= 0.3 is 0 Å². The summed E-state index contributed by atoms with van der Waals surface area (Å²) in [6, 6.07) is 0.456.